The lowest BCUT2D eigenvalue weighted by molar-refractivity contribution is -0.140. The van der Waals surface area contributed by atoms with Gasteiger partial charge in [0, 0.05) is 23.0 Å². The van der Waals surface area contributed by atoms with Gasteiger partial charge in [0.25, 0.3) is 0 Å². The van der Waals surface area contributed by atoms with Crippen molar-refractivity contribution in [3.8, 4) is 11.8 Å². The average molecular weight is 288 g/mol. The predicted molar refractivity (Wildman–Crippen MR) is 76.2 cm³/mol. The molecule has 2 atom stereocenters. The molecule has 4 nitrogen and oxygen atoms in total. The Labute approximate surface area is 123 Å². The number of hydrogen-bond acceptors (Lipinski definition) is 3. The Kier molecular flexibility index (Phi) is 4.39. The summed E-state index contributed by atoms with van der Waals surface area (Å²) < 4.78 is 14.0. The van der Waals surface area contributed by atoms with E-state index in [1.165, 1.54) is 6.07 Å². The van der Waals surface area contributed by atoms with Gasteiger partial charge < -0.3 is 5.73 Å². The van der Waals surface area contributed by atoms with Crippen LogP contribution in [0.4, 0.5) is 4.39 Å². The highest BCUT2D eigenvalue weighted by atomic mass is 19.1. The first-order valence-corrected chi connectivity index (χ1v) is 6.78. The Morgan fingerprint density at radius 1 is 1.24 bits per heavy atom. The molecule has 1 heterocycles. The number of hydrogen-bond donors (Lipinski definition) is 1. The maximum Gasteiger partial charge on any atom is 0.233 e. The Morgan fingerprint density at radius 3 is 2.38 bits per heavy atom. The number of benzene rings is 1. The molecule has 2 N–H and O–H groups in total. The van der Waals surface area contributed by atoms with Crippen molar-refractivity contribution in [1.82, 2.24) is 4.90 Å². The lowest BCUT2D eigenvalue weighted by Gasteiger charge is -2.15. The number of carbonyl (C=O) groups is 2. The van der Waals surface area contributed by atoms with E-state index in [1.54, 1.807) is 26.0 Å². The van der Waals surface area contributed by atoms with Gasteiger partial charge in [-0.2, -0.15) is 0 Å². The second-order valence-corrected chi connectivity index (χ2v) is 5.15. The summed E-state index contributed by atoms with van der Waals surface area (Å²) in [6, 6.07) is 4.49. The van der Waals surface area contributed by atoms with E-state index in [9.17, 15) is 14.0 Å². The van der Waals surface area contributed by atoms with E-state index < -0.39 is 5.82 Å². The van der Waals surface area contributed by atoms with Crippen LogP contribution in [-0.4, -0.2) is 23.3 Å². The quantitative estimate of drug-likeness (QED) is 0.658. The van der Waals surface area contributed by atoms with Gasteiger partial charge >= 0.3 is 0 Å². The molecule has 5 heteroatoms. The van der Waals surface area contributed by atoms with Crippen molar-refractivity contribution in [2.75, 3.05) is 6.54 Å². The SMILES string of the molecule is CC1C(=O)N(Cc2ccc(C#CCN)cc2F)C(=O)C1C. The number of amides is 2. The molecule has 1 aromatic carbocycles. The molecule has 1 saturated heterocycles. The number of imide groups is 1. The van der Waals surface area contributed by atoms with Crippen LogP contribution in [0, 0.1) is 29.5 Å². The highest BCUT2D eigenvalue weighted by molar-refractivity contribution is 6.04. The van der Waals surface area contributed by atoms with Crippen LogP contribution in [0.1, 0.15) is 25.0 Å². The van der Waals surface area contributed by atoms with Gasteiger partial charge in [0.2, 0.25) is 11.8 Å². The first-order chi connectivity index (χ1) is 9.95. The molecule has 1 aliphatic heterocycles. The maximum absolute atomic E-state index is 14.0. The van der Waals surface area contributed by atoms with E-state index >= 15 is 0 Å². The van der Waals surface area contributed by atoms with Crippen LogP contribution in [0.15, 0.2) is 18.2 Å². The zero-order valence-corrected chi connectivity index (χ0v) is 12.0. The lowest BCUT2D eigenvalue weighted by atomic mass is 10.00. The van der Waals surface area contributed by atoms with E-state index in [1.807, 2.05) is 0 Å². The van der Waals surface area contributed by atoms with E-state index in [0.717, 1.165) is 4.90 Å². The van der Waals surface area contributed by atoms with Gasteiger partial charge in [-0.25, -0.2) is 4.39 Å². The third-order valence-corrected chi connectivity index (χ3v) is 3.78. The second kappa shape index (κ2) is 6.06. The Hall–Kier alpha value is -2.19. The molecular formula is C16H17FN2O2. The molecule has 1 aliphatic rings. The number of rotatable bonds is 2. The van der Waals surface area contributed by atoms with Crippen LogP contribution in [0.25, 0.3) is 0 Å². The first kappa shape index (κ1) is 15.2. The zero-order valence-electron chi connectivity index (χ0n) is 12.0. The van der Waals surface area contributed by atoms with Crippen LogP contribution in [0.2, 0.25) is 0 Å². The molecule has 1 fully saturated rings. The molecule has 2 rings (SSSR count). The van der Waals surface area contributed by atoms with Gasteiger partial charge in [-0.05, 0) is 12.1 Å². The lowest BCUT2D eigenvalue weighted by Crippen LogP contribution is -2.30. The van der Waals surface area contributed by atoms with Gasteiger partial charge in [0.1, 0.15) is 5.82 Å². The molecule has 0 saturated carbocycles. The van der Waals surface area contributed by atoms with Crippen molar-refractivity contribution in [2.24, 2.45) is 17.6 Å². The second-order valence-electron chi connectivity index (χ2n) is 5.15. The van der Waals surface area contributed by atoms with E-state index in [4.69, 9.17) is 5.73 Å². The summed E-state index contributed by atoms with van der Waals surface area (Å²) in [5.41, 5.74) is 6.08. The van der Waals surface area contributed by atoms with Crippen molar-refractivity contribution < 1.29 is 14.0 Å². The molecular weight excluding hydrogens is 271 g/mol. The van der Waals surface area contributed by atoms with Gasteiger partial charge in [-0.3, -0.25) is 14.5 Å². The van der Waals surface area contributed by atoms with Gasteiger partial charge in [0.15, 0.2) is 0 Å². The van der Waals surface area contributed by atoms with Crippen LogP contribution in [0.3, 0.4) is 0 Å². The van der Waals surface area contributed by atoms with Crippen LogP contribution in [-0.2, 0) is 16.1 Å². The third kappa shape index (κ3) is 2.96. The monoisotopic (exact) mass is 288 g/mol. The highest BCUT2D eigenvalue weighted by Crippen LogP contribution is 2.27. The summed E-state index contributed by atoms with van der Waals surface area (Å²) in [6.45, 7) is 3.60. The number of nitrogens with zero attached hydrogens (tertiary/aromatic N) is 1. The Morgan fingerprint density at radius 2 is 1.86 bits per heavy atom. The minimum absolute atomic E-state index is 0.0389. The van der Waals surface area contributed by atoms with E-state index in [0.29, 0.717) is 11.1 Å². The zero-order chi connectivity index (χ0) is 15.6. The minimum atomic E-state index is -0.480. The third-order valence-electron chi connectivity index (χ3n) is 3.78. The molecule has 0 aromatic heterocycles. The largest absolute Gasteiger partial charge is 0.320 e. The Balaban J connectivity index is 2.21. The topological polar surface area (TPSA) is 63.4 Å². The van der Waals surface area contributed by atoms with Crippen LogP contribution in [0.5, 0.6) is 0 Å². The van der Waals surface area contributed by atoms with Crippen LogP contribution < -0.4 is 5.73 Å². The molecule has 21 heavy (non-hydrogen) atoms. The molecule has 0 bridgehead atoms. The fraction of sp³-hybridized carbons (Fsp3) is 0.375. The van der Waals surface area contributed by atoms with Crippen molar-refractivity contribution in [2.45, 2.75) is 20.4 Å². The van der Waals surface area contributed by atoms with E-state index in [2.05, 4.69) is 11.8 Å². The van der Waals surface area contributed by atoms with Crippen molar-refractivity contribution >= 4 is 11.8 Å². The average Bonchev–Trinajstić information content (AvgIpc) is 2.65. The highest BCUT2D eigenvalue weighted by Gasteiger charge is 2.42. The van der Waals surface area contributed by atoms with Crippen molar-refractivity contribution in [3.05, 3.63) is 35.1 Å². The molecule has 1 aromatic rings. The number of likely N-dealkylation sites (tertiary alicyclic amines) is 1. The predicted octanol–water partition coefficient (Wildman–Crippen LogP) is 1.28. The fourth-order valence-electron chi connectivity index (χ4n) is 2.26. The standard InChI is InChI=1S/C16H17FN2O2/c1-10-11(2)16(21)19(15(10)20)9-13-6-5-12(4-3-7-18)8-14(13)17/h5-6,8,10-11H,7,9,18H2,1-2H3. The number of nitrogens with two attached hydrogens (primary N) is 1. The summed E-state index contributed by atoms with van der Waals surface area (Å²) in [7, 11) is 0. The molecule has 110 valence electrons. The summed E-state index contributed by atoms with van der Waals surface area (Å²) in [4.78, 5) is 25.1. The van der Waals surface area contributed by atoms with E-state index in [-0.39, 0.29) is 36.7 Å². The summed E-state index contributed by atoms with van der Waals surface area (Å²) in [6.07, 6.45) is 0. The summed E-state index contributed by atoms with van der Waals surface area (Å²) >= 11 is 0. The summed E-state index contributed by atoms with van der Waals surface area (Å²) in [5, 5.41) is 0. The normalized spacial score (nSPS) is 21.4. The van der Waals surface area contributed by atoms with Gasteiger partial charge in [0.05, 0.1) is 13.1 Å². The minimum Gasteiger partial charge on any atom is -0.320 e. The molecule has 0 radical (unpaired) electrons. The molecule has 2 unspecified atom stereocenters. The fourth-order valence-corrected chi connectivity index (χ4v) is 2.26. The van der Waals surface area contributed by atoms with Gasteiger partial charge in [-0.15, -0.1) is 0 Å². The summed E-state index contributed by atoms with van der Waals surface area (Å²) in [5.74, 6) is 3.69. The number of halogens is 1. The molecule has 0 spiro atoms. The number of carbonyl (C=O) groups excluding carboxylic acids is 2. The molecule has 0 aliphatic carbocycles. The van der Waals surface area contributed by atoms with Gasteiger partial charge in [-0.1, -0.05) is 31.8 Å². The first-order valence-electron chi connectivity index (χ1n) is 6.78. The Bertz CT molecular complexity index is 625. The van der Waals surface area contributed by atoms with Crippen molar-refractivity contribution in [3.63, 3.8) is 0 Å². The smallest absolute Gasteiger partial charge is 0.233 e. The maximum atomic E-state index is 14.0. The molecule has 2 amide bonds. The van der Waals surface area contributed by atoms with Crippen molar-refractivity contribution in [1.29, 1.82) is 0 Å². The van der Waals surface area contributed by atoms with Crippen LogP contribution >= 0.6 is 0 Å².